The first-order valence-electron chi connectivity index (χ1n) is 12.2. The predicted octanol–water partition coefficient (Wildman–Crippen LogP) is 3.41. The SMILES string of the molecule is COc1cc(C(=O)NC2(C(F)(F)F)C(=O)N(CC3CCCO3)C3=C2C(=O)CC(C)(C)C3)cc(OC)c1OC. The van der Waals surface area contributed by atoms with Crippen molar-refractivity contribution in [2.24, 2.45) is 5.41 Å². The van der Waals surface area contributed by atoms with Gasteiger partial charge in [-0.2, -0.15) is 13.2 Å². The molecule has 2 aliphatic heterocycles. The molecule has 3 aliphatic rings. The fourth-order valence-corrected chi connectivity index (χ4v) is 5.47. The number of ether oxygens (including phenoxy) is 4. The Morgan fingerprint density at radius 1 is 1.11 bits per heavy atom. The molecule has 1 aromatic carbocycles. The smallest absolute Gasteiger partial charge is 0.425 e. The van der Waals surface area contributed by atoms with Crippen molar-refractivity contribution in [2.45, 2.75) is 57.3 Å². The monoisotopic (exact) mass is 540 g/mol. The first-order chi connectivity index (χ1) is 17.8. The summed E-state index contributed by atoms with van der Waals surface area (Å²) < 4.78 is 66.3. The Hall–Kier alpha value is -3.28. The number of carbonyl (C=O) groups excluding carboxylic acids is 3. The average molecular weight is 541 g/mol. The number of benzene rings is 1. The van der Waals surface area contributed by atoms with Crippen molar-refractivity contribution < 1.29 is 46.5 Å². The van der Waals surface area contributed by atoms with E-state index in [1.807, 2.05) is 5.32 Å². The molecule has 1 saturated heterocycles. The molecule has 0 aromatic heterocycles. The summed E-state index contributed by atoms with van der Waals surface area (Å²) >= 11 is 0. The van der Waals surface area contributed by atoms with Gasteiger partial charge in [-0.25, -0.2) is 0 Å². The van der Waals surface area contributed by atoms with Crippen LogP contribution in [0.3, 0.4) is 0 Å². The molecule has 1 aromatic rings. The number of carbonyl (C=O) groups is 3. The van der Waals surface area contributed by atoms with Crippen molar-refractivity contribution in [1.29, 1.82) is 0 Å². The van der Waals surface area contributed by atoms with E-state index in [-0.39, 0.29) is 47.9 Å². The number of halogens is 3. The molecule has 9 nitrogen and oxygen atoms in total. The van der Waals surface area contributed by atoms with Gasteiger partial charge in [-0.15, -0.1) is 0 Å². The molecule has 0 spiro atoms. The number of nitrogens with zero attached hydrogens (tertiary/aromatic N) is 1. The van der Waals surface area contributed by atoms with Crippen LogP contribution in [0.5, 0.6) is 17.2 Å². The number of hydrogen-bond acceptors (Lipinski definition) is 7. The van der Waals surface area contributed by atoms with Crippen LogP contribution in [0.4, 0.5) is 13.2 Å². The fourth-order valence-electron chi connectivity index (χ4n) is 5.47. The van der Waals surface area contributed by atoms with E-state index in [2.05, 4.69) is 0 Å². The number of hydrogen-bond donors (Lipinski definition) is 1. The number of nitrogens with one attached hydrogen (secondary N) is 1. The first-order valence-corrected chi connectivity index (χ1v) is 12.2. The standard InChI is InChI=1S/C26H31F3N2O7/c1-24(2)11-16-20(17(32)12-24)25(26(27,28)29,23(34)31(16)13-15-7-6-8-38-15)30-22(33)14-9-18(35-3)21(37-5)19(10-14)36-4/h9-10,15H,6-8,11-13H2,1-5H3,(H,30,33). The molecule has 2 heterocycles. The third kappa shape index (κ3) is 4.48. The lowest BCUT2D eigenvalue weighted by Gasteiger charge is -2.35. The molecule has 2 amide bonds. The van der Waals surface area contributed by atoms with E-state index in [1.165, 1.54) is 33.5 Å². The van der Waals surface area contributed by atoms with Crippen LogP contribution in [0.2, 0.25) is 0 Å². The second-order valence-electron chi connectivity index (χ2n) is 10.4. The van der Waals surface area contributed by atoms with Crippen molar-refractivity contribution in [3.63, 3.8) is 0 Å². The number of rotatable bonds is 7. The highest BCUT2D eigenvalue weighted by atomic mass is 19.4. The van der Waals surface area contributed by atoms with Gasteiger partial charge in [-0.3, -0.25) is 14.4 Å². The van der Waals surface area contributed by atoms with Gasteiger partial charge in [0.1, 0.15) is 0 Å². The zero-order chi connectivity index (χ0) is 28.0. The van der Waals surface area contributed by atoms with E-state index in [9.17, 15) is 14.4 Å². The molecule has 1 aliphatic carbocycles. The summed E-state index contributed by atoms with van der Waals surface area (Å²) in [4.78, 5) is 41.5. The zero-order valence-electron chi connectivity index (χ0n) is 21.9. The maximum atomic E-state index is 15.0. The number of allylic oxidation sites excluding steroid dienone is 1. The molecule has 0 saturated carbocycles. The summed E-state index contributed by atoms with van der Waals surface area (Å²) in [7, 11) is 3.92. The van der Waals surface area contributed by atoms with Crippen LogP contribution in [0.1, 0.15) is 49.9 Å². The molecule has 38 heavy (non-hydrogen) atoms. The third-order valence-electron chi connectivity index (χ3n) is 7.18. The summed E-state index contributed by atoms with van der Waals surface area (Å²) in [5.41, 5.74) is -5.25. The highest BCUT2D eigenvalue weighted by molar-refractivity contribution is 6.14. The summed E-state index contributed by atoms with van der Waals surface area (Å²) in [6.45, 7) is 3.81. The highest BCUT2D eigenvalue weighted by Gasteiger charge is 2.71. The van der Waals surface area contributed by atoms with Gasteiger partial charge in [0.25, 0.3) is 11.8 Å². The minimum Gasteiger partial charge on any atom is -0.493 e. The predicted molar refractivity (Wildman–Crippen MR) is 128 cm³/mol. The lowest BCUT2D eigenvalue weighted by molar-refractivity contribution is -0.191. The van der Waals surface area contributed by atoms with Gasteiger partial charge < -0.3 is 29.2 Å². The Morgan fingerprint density at radius 3 is 2.24 bits per heavy atom. The summed E-state index contributed by atoms with van der Waals surface area (Å²) in [5, 5.41) is 1.92. The zero-order valence-corrected chi connectivity index (χ0v) is 21.9. The van der Waals surface area contributed by atoms with E-state index in [0.29, 0.717) is 19.4 Å². The van der Waals surface area contributed by atoms with Crippen LogP contribution in [0.25, 0.3) is 0 Å². The maximum absolute atomic E-state index is 15.0. The quantitative estimate of drug-likeness (QED) is 0.566. The van der Waals surface area contributed by atoms with Crippen LogP contribution < -0.4 is 19.5 Å². The van der Waals surface area contributed by atoms with Crippen molar-refractivity contribution in [2.75, 3.05) is 34.5 Å². The third-order valence-corrected chi connectivity index (χ3v) is 7.18. The summed E-state index contributed by atoms with van der Waals surface area (Å²) in [6.07, 6.45) is -4.65. The molecule has 0 radical (unpaired) electrons. The molecule has 208 valence electrons. The number of amides is 2. The van der Waals surface area contributed by atoms with Gasteiger partial charge in [-0.1, -0.05) is 13.8 Å². The first kappa shape index (κ1) is 27.7. The minimum atomic E-state index is -5.32. The van der Waals surface area contributed by atoms with Crippen LogP contribution in [-0.2, 0) is 14.3 Å². The van der Waals surface area contributed by atoms with Crippen LogP contribution in [-0.4, -0.2) is 74.8 Å². The van der Waals surface area contributed by atoms with Gasteiger partial charge >= 0.3 is 6.18 Å². The van der Waals surface area contributed by atoms with Crippen molar-refractivity contribution in [3.8, 4) is 17.2 Å². The summed E-state index contributed by atoms with van der Waals surface area (Å²) in [5.74, 6) is -3.29. The number of ketones is 1. The van der Waals surface area contributed by atoms with Crippen molar-refractivity contribution in [1.82, 2.24) is 10.2 Å². The topological polar surface area (TPSA) is 103 Å². The minimum absolute atomic E-state index is 0.0192. The number of methoxy groups -OCH3 is 3. The second kappa shape index (κ2) is 9.79. The fraction of sp³-hybridized carbons (Fsp3) is 0.577. The molecule has 12 heteroatoms. The Bertz CT molecular complexity index is 1160. The molecule has 2 atom stereocenters. The Balaban J connectivity index is 1.84. The second-order valence-corrected chi connectivity index (χ2v) is 10.4. The highest BCUT2D eigenvalue weighted by Crippen LogP contribution is 2.52. The van der Waals surface area contributed by atoms with Crippen LogP contribution in [0, 0.1) is 5.41 Å². The van der Waals surface area contributed by atoms with E-state index >= 15 is 13.2 Å². The number of alkyl halides is 3. The number of Topliss-reactive ketones (excluding diaryl/α,β-unsaturated/α-hetero) is 1. The van der Waals surface area contributed by atoms with Gasteiger partial charge in [-0.05, 0) is 36.8 Å². The van der Waals surface area contributed by atoms with Crippen molar-refractivity contribution in [3.05, 3.63) is 29.0 Å². The molecule has 4 rings (SSSR count). The van der Waals surface area contributed by atoms with Gasteiger partial charge in [0.05, 0.1) is 39.6 Å². The normalized spacial score (nSPS) is 24.9. The van der Waals surface area contributed by atoms with E-state index < -0.39 is 46.4 Å². The molecule has 0 bridgehead atoms. The largest absolute Gasteiger partial charge is 0.493 e. The van der Waals surface area contributed by atoms with Crippen molar-refractivity contribution >= 4 is 17.6 Å². The molecular formula is C26H31F3N2O7. The van der Waals surface area contributed by atoms with E-state index in [0.717, 1.165) is 4.90 Å². The molecule has 1 N–H and O–H groups in total. The average Bonchev–Trinajstić information content (AvgIpc) is 3.43. The Labute approximate surface area is 218 Å². The van der Waals surface area contributed by atoms with Gasteiger partial charge in [0.2, 0.25) is 11.3 Å². The lowest BCUT2D eigenvalue weighted by atomic mass is 9.72. The van der Waals surface area contributed by atoms with E-state index in [1.54, 1.807) is 13.8 Å². The van der Waals surface area contributed by atoms with Gasteiger partial charge in [0.15, 0.2) is 17.3 Å². The van der Waals surface area contributed by atoms with Crippen LogP contribution in [0.15, 0.2) is 23.4 Å². The van der Waals surface area contributed by atoms with Gasteiger partial charge in [0, 0.05) is 24.3 Å². The van der Waals surface area contributed by atoms with E-state index in [4.69, 9.17) is 18.9 Å². The summed E-state index contributed by atoms with van der Waals surface area (Å²) in [6, 6.07) is 2.34. The van der Waals surface area contributed by atoms with Crippen LogP contribution >= 0.6 is 0 Å². The Kier molecular flexibility index (Phi) is 7.15. The Morgan fingerprint density at radius 2 is 1.74 bits per heavy atom. The molecule has 2 unspecified atom stereocenters. The maximum Gasteiger partial charge on any atom is 0.425 e. The molecule has 1 fully saturated rings. The lowest BCUT2D eigenvalue weighted by Crippen LogP contribution is -2.66. The molecular weight excluding hydrogens is 509 g/mol.